The highest BCUT2D eigenvalue weighted by atomic mass is 35.5. The Hall–Kier alpha value is -0.500. The second-order valence-electron chi connectivity index (χ2n) is 1.99. The molecule has 0 bridgehead atoms. The second-order valence-corrected chi connectivity index (χ2v) is 2.31. The lowest BCUT2D eigenvalue weighted by atomic mass is 10.4. The lowest BCUT2D eigenvalue weighted by Gasteiger charge is -2.15. The summed E-state index contributed by atoms with van der Waals surface area (Å²) >= 11 is 5.24. The first-order valence-electron chi connectivity index (χ1n) is 3.27. The Morgan fingerprint density at radius 3 is 2.70 bits per heavy atom. The van der Waals surface area contributed by atoms with E-state index in [-0.39, 0.29) is 0 Å². The molecule has 0 aliphatic rings. The zero-order chi connectivity index (χ0) is 7.98. The third kappa shape index (κ3) is 3.51. The minimum Gasteiger partial charge on any atom is -0.326 e. The van der Waals surface area contributed by atoms with E-state index in [1.807, 2.05) is 6.92 Å². The molecule has 1 amide bonds. The summed E-state index contributed by atoms with van der Waals surface area (Å²) in [5.41, 5.74) is 0. The number of hydrogen-bond acceptors (Lipinski definition) is 1. The maximum atomic E-state index is 10.6. The molecular formula is C7H12ClNO. The third-order valence-electron chi connectivity index (χ3n) is 1.09. The number of hydrogen-bond donors (Lipinski definition) is 0. The molecular weight excluding hydrogens is 150 g/mol. The van der Waals surface area contributed by atoms with Crippen molar-refractivity contribution in [3.63, 3.8) is 0 Å². The van der Waals surface area contributed by atoms with Crippen molar-refractivity contribution in [2.45, 2.75) is 13.3 Å². The number of carbonyl (C=O) groups excluding carboxylic acids is 1. The van der Waals surface area contributed by atoms with Gasteiger partial charge in [0.25, 0.3) is 0 Å². The Morgan fingerprint density at radius 1 is 1.80 bits per heavy atom. The zero-order valence-corrected chi connectivity index (χ0v) is 6.90. The van der Waals surface area contributed by atoms with Gasteiger partial charge in [-0.15, -0.1) is 6.58 Å². The van der Waals surface area contributed by atoms with Crippen LogP contribution in [0.25, 0.3) is 0 Å². The van der Waals surface area contributed by atoms with E-state index in [1.54, 1.807) is 6.08 Å². The summed E-state index contributed by atoms with van der Waals surface area (Å²) in [5, 5.41) is -0.401. The summed E-state index contributed by atoms with van der Waals surface area (Å²) in [6, 6.07) is 0. The lowest BCUT2D eigenvalue weighted by molar-refractivity contribution is 0.227. The van der Waals surface area contributed by atoms with Crippen LogP contribution in [0.3, 0.4) is 0 Å². The van der Waals surface area contributed by atoms with Crippen molar-refractivity contribution in [3.8, 4) is 0 Å². The SMILES string of the molecule is C=CCN(CCC)C(=O)Cl. The van der Waals surface area contributed by atoms with Crippen molar-refractivity contribution in [2.24, 2.45) is 0 Å². The third-order valence-corrected chi connectivity index (χ3v) is 1.33. The Kier molecular flexibility index (Phi) is 5.03. The van der Waals surface area contributed by atoms with E-state index in [9.17, 15) is 4.79 Å². The molecule has 0 rings (SSSR count). The second kappa shape index (κ2) is 5.30. The van der Waals surface area contributed by atoms with Crippen LogP contribution in [0, 0.1) is 0 Å². The maximum absolute atomic E-state index is 10.6. The topological polar surface area (TPSA) is 20.3 Å². The number of rotatable bonds is 4. The Bertz CT molecular complexity index is 125. The smallest absolute Gasteiger partial charge is 0.316 e. The van der Waals surface area contributed by atoms with E-state index in [1.165, 1.54) is 4.90 Å². The van der Waals surface area contributed by atoms with Crippen molar-refractivity contribution in [1.82, 2.24) is 4.90 Å². The van der Waals surface area contributed by atoms with Gasteiger partial charge < -0.3 is 4.90 Å². The van der Waals surface area contributed by atoms with E-state index in [0.717, 1.165) is 6.42 Å². The van der Waals surface area contributed by atoms with Crippen molar-refractivity contribution in [2.75, 3.05) is 13.1 Å². The minimum atomic E-state index is -0.401. The quantitative estimate of drug-likeness (QED) is 0.352. The molecule has 58 valence electrons. The predicted molar refractivity (Wildman–Crippen MR) is 43.3 cm³/mol. The minimum absolute atomic E-state index is 0.401. The fourth-order valence-corrected chi connectivity index (χ4v) is 0.830. The normalized spacial score (nSPS) is 9.00. The van der Waals surface area contributed by atoms with Gasteiger partial charge in [0.15, 0.2) is 0 Å². The summed E-state index contributed by atoms with van der Waals surface area (Å²) in [6.07, 6.45) is 2.59. The largest absolute Gasteiger partial charge is 0.326 e. The maximum Gasteiger partial charge on any atom is 0.316 e. The molecule has 0 aliphatic carbocycles. The van der Waals surface area contributed by atoms with Crippen LogP contribution in [0.15, 0.2) is 12.7 Å². The number of halogens is 1. The molecule has 0 spiro atoms. The van der Waals surface area contributed by atoms with Crippen molar-refractivity contribution in [3.05, 3.63) is 12.7 Å². The molecule has 0 heterocycles. The summed E-state index contributed by atoms with van der Waals surface area (Å²) in [6.45, 7) is 6.75. The molecule has 0 aromatic rings. The van der Waals surface area contributed by atoms with E-state index >= 15 is 0 Å². The van der Waals surface area contributed by atoms with E-state index in [4.69, 9.17) is 11.6 Å². The first-order chi connectivity index (χ1) is 4.72. The Morgan fingerprint density at radius 2 is 2.40 bits per heavy atom. The van der Waals surface area contributed by atoms with Gasteiger partial charge in [-0.05, 0) is 18.0 Å². The van der Waals surface area contributed by atoms with Crippen LogP contribution in [0.4, 0.5) is 4.79 Å². The standard InChI is InChI=1S/C7H12ClNO/c1-3-5-9(6-4-2)7(8)10/h3H,1,4-6H2,2H3. The summed E-state index contributed by atoms with van der Waals surface area (Å²) < 4.78 is 0. The highest BCUT2D eigenvalue weighted by molar-refractivity contribution is 6.62. The molecule has 3 heteroatoms. The molecule has 0 unspecified atom stereocenters. The predicted octanol–water partition coefficient (Wildman–Crippen LogP) is 2.24. The van der Waals surface area contributed by atoms with Crippen molar-refractivity contribution >= 4 is 17.0 Å². The van der Waals surface area contributed by atoms with Crippen molar-refractivity contribution in [1.29, 1.82) is 0 Å². The van der Waals surface area contributed by atoms with Crippen LogP contribution >= 0.6 is 11.6 Å². The van der Waals surface area contributed by atoms with Gasteiger partial charge in [-0.25, -0.2) is 0 Å². The highest BCUT2D eigenvalue weighted by Gasteiger charge is 2.05. The fourth-order valence-electron chi connectivity index (χ4n) is 0.677. The van der Waals surface area contributed by atoms with Gasteiger partial charge in [0.1, 0.15) is 0 Å². The monoisotopic (exact) mass is 161 g/mol. The summed E-state index contributed by atoms with van der Waals surface area (Å²) in [5.74, 6) is 0. The first kappa shape index (κ1) is 9.50. The lowest BCUT2D eigenvalue weighted by Crippen LogP contribution is -2.26. The first-order valence-corrected chi connectivity index (χ1v) is 3.65. The molecule has 0 N–H and O–H groups in total. The Labute approximate surface area is 66.5 Å². The van der Waals surface area contributed by atoms with Crippen molar-refractivity contribution < 1.29 is 4.79 Å². The molecule has 0 radical (unpaired) electrons. The molecule has 0 atom stereocenters. The van der Waals surface area contributed by atoms with Crippen LogP contribution in [0.1, 0.15) is 13.3 Å². The van der Waals surface area contributed by atoms with Crippen LogP contribution in [0.2, 0.25) is 0 Å². The van der Waals surface area contributed by atoms with E-state index in [0.29, 0.717) is 13.1 Å². The van der Waals surface area contributed by atoms with Gasteiger partial charge in [-0.2, -0.15) is 0 Å². The average molecular weight is 162 g/mol. The van der Waals surface area contributed by atoms with Crippen LogP contribution < -0.4 is 0 Å². The zero-order valence-electron chi connectivity index (χ0n) is 6.14. The fraction of sp³-hybridized carbons (Fsp3) is 0.571. The number of carbonyl (C=O) groups is 1. The molecule has 2 nitrogen and oxygen atoms in total. The number of amides is 1. The summed E-state index contributed by atoms with van der Waals surface area (Å²) in [4.78, 5) is 12.1. The molecule has 0 fully saturated rings. The van der Waals surface area contributed by atoms with E-state index < -0.39 is 5.37 Å². The molecule has 0 aliphatic heterocycles. The molecule has 0 aromatic carbocycles. The van der Waals surface area contributed by atoms with E-state index in [2.05, 4.69) is 6.58 Å². The van der Waals surface area contributed by atoms with Crippen LogP contribution in [-0.2, 0) is 0 Å². The highest BCUT2D eigenvalue weighted by Crippen LogP contribution is 1.97. The molecule has 0 saturated carbocycles. The van der Waals surface area contributed by atoms with Gasteiger partial charge in [0, 0.05) is 13.1 Å². The molecule has 10 heavy (non-hydrogen) atoms. The van der Waals surface area contributed by atoms with Crippen LogP contribution in [-0.4, -0.2) is 23.4 Å². The summed E-state index contributed by atoms with van der Waals surface area (Å²) in [7, 11) is 0. The van der Waals surface area contributed by atoms with Crippen LogP contribution in [0.5, 0.6) is 0 Å². The molecule has 0 saturated heterocycles. The van der Waals surface area contributed by atoms with Gasteiger partial charge >= 0.3 is 5.37 Å². The average Bonchev–Trinajstić information content (AvgIpc) is 1.87. The van der Waals surface area contributed by atoms with Gasteiger partial charge in [-0.1, -0.05) is 13.0 Å². The van der Waals surface area contributed by atoms with Gasteiger partial charge in [-0.3, -0.25) is 4.79 Å². The van der Waals surface area contributed by atoms with Gasteiger partial charge in [0.05, 0.1) is 0 Å². The van der Waals surface area contributed by atoms with Gasteiger partial charge in [0.2, 0.25) is 0 Å². The number of nitrogens with zero attached hydrogens (tertiary/aromatic N) is 1. The molecule has 0 aromatic heterocycles. The Balaban J connectivity index is 3.71.